The van der Waals surface area contributed by atoms with Crippen LogP contribution < -0.4 is 11.1 Å². The van der Waals surface area contributed by atoms with E-state index in [2.05, 4.69) is 5.32 Å². The number of thiocarbonyl (C=S) groups is 1. The molecule has 4 N–H and O–H groups in total. The molecule has 0 aliphatic heterocycles. The third-order valence-electron chi connectivity index (χ3n) is 3.17. The maximum absolute atomic E-state index is 12.1. The molecule has 0 radical (unpaired) electrons. The number of hydrogen-bond acceptors (Lipinski definition) is 3. The summed E-state index contributed by atoms with van der Waals surface area (Å²) in [5.74, 6) is 0.0202. The first-order valence-corrected chi connectivity index (χ1v) is 6.30. The van der Waals surface area contributed by atoms with Crippen molar-refractivity contribution in [1.29, 1.82) is 0 Å². The lowest BCUT2D eigenvalue weighted by Gasteiger charge is -2.17. The van der Waals surface area contributed by atoms with E-state index in [9.17, 15) is 9.90 Å². The van der Waals surface area contributed by atoms with Gasteiger partial charge in [0, 0.05) is 0 Å². The number of aryl methyl sites for hydroxylation is 1. The summed E-state index contributed by atoms with van der Waals surface area (Å²) >= 11 is 4.96. The number of carbonyl (C=O) groups excluding carboxylic acids is 1. The number of carbonyl (C=O) groups is 1. The molecule has 0 spiro atoms. The van der Waals surface area contributed by atoms with Gasteiger partial charge in [0.2, 0.25) is 0 Å². The summed E-state index contributed by atoms with van der Waals surface area (Å²) < 4.78 is 0. The molecule has 1 atom stereocenters. The number of amides is 1. The maximum atomic E-state index is 12.1. The Kier molecular flexibility index (Phi) is 3.52. The van der Waals surface area contributed by atoms with E-state index in [1.165, 1.54) is 0 Å². The van der Waals surface area contributed by atoms with Gasteiger partial charge < -0.3 is 16.2 Å². The van der Waals surface area contributed by atoms with Crippen LogP contribution in [0.25, 0.3) is 0 Å². The molecular formula is C13H16N2O2S. The van der Waals surface area contributed by atoms with Crippen LogP contribution in [0.1, 0.15) is 28.8 Å². The maximum Gasteiger partial charge on any atom is 0.255 e. The molecule has 2 rings (SSSR count). The Morgan fingerprint density at radius 2 is 2.22 bits per heavy atom. The van der Waals surface area contributed by atoms with Gasteiger partial charge >= 0.3 is 0 Å². The van der Waals surface area contributed by atoms with Gasteiger partial charge in [-0.15, -0.1) is 0 Å². The quantitative estimate of drug-likeness (QED) is 0.720. The molecule has 1 aliphatic carbocycles. The highest BCUT2D eigenvalue weighted by atomic mass is 32.1. The SMILES string of the molecule is Cc1cccc(C(=O)NC(C(N)=S)C2CC2)c1O. The standard InChI is InChI=1S/C13H16N2O2S/c1-7-3-2-4-9(11(7)16)13(17)15-10(12(14)18)8-5-6-8/h2-4,8,10,16H,5-6H2,1H3,(H2,14,18)(H,15,17). The molecule has 1 aromatic rings. The van der Waals surface area contributed by atoms with Crippen LogP contribution in [-0.4, -0.2) is 22.0 Å². The van der Waals surface area contributed by atoms with E-state index < -0.39 is 0 Å². The monoisotopic (exact) mass is 264 g/mol. The number of phenolic OH excluding ortho intramolecular Hbond substituents is 1. The second-order valence-corrected chi connectivity index (χ2v) is 5.13. The van der Waals surface area contributed by atoms with Crippen molar-refractivity contribution in [2.24, 2.45) is 11.7 Å². The van der Waals surface area contributed by atoms with Gasteiger partial charge in [0.1, 0.15) is 5.75 Å². The van der Waals surface area contributed by atoms with Crippen LogP contribution >= 0.6 is 12.2 Å². The molecule has 1 fully saturated rings. The summed E-state index contributed by atoms with van der Waals surface area (Å²) in [5.41, 5.74) is 6.55. The highest BCUT2D eigenvalue weighted by Crippen LogP contribution is 2.33. The van der Waals surface area contributed by atoms with Crippen LogP contribution in [-0.2, 0) is 0 Å². The van der Waals surface area contributed by atoms with Gasteiger partial charge in [-0.2, -0.15) is 0 Å². The van der Waals surface area contributed by atoms with Gasteiger partial charge in [-0.3, -0.25) is 4.79 Å². The minimum absolute atomic E-state index is 0.00693. The van der Waals surface area contributed by atoms with Crippen molar-refractivity contribution < 1.29 is 9.90 Å². The average Bonchev–Trinajstić information content (AvgIpc) is 3.13. The van der Waals surface area contributed by atoms with Crippen molar-refractivity contribution in [2.45, 2.75) is 25.8 Å². The van der Waals surface area contributed by atoms with Gasteiger partial charge in [-0.05, 0) is 37.3 Å². The molecule has 1 aromatic carbocycles. The predicted molar refractivity (Wildman–Crippen MR) is 73.6 cm³/mol. The van der Waals surface area contributed by atoms with Crippen LogP contribution in [0.3, 0.4) is 0 Å². The summed E-state index contributed by atoms with van der Waals surface area (Å²) in [6.45, 7) is 1.75. The number of para-hydroxylation sites is 1. The highest BCUT2D eigenvalue weighted by Gasteiger charge is 2.34. The lowest BCUT2D eigenvalue weighted by molar-refractivity contribution is 0.0941. The van der Waals surface area contributed by atoms with Crippen LogP contribution in [0.4, 0.5) is 0 Å². The molecule has 0 heterocycles. The summed E-state index contributed by atoms with van der Waals surface area (Å²) in [4.78, 5) is 12.4. The molecule has 1 unspecified atom stereocenters. The van der Waals surface area contributed by atoms with Gasteiger partial charge in [-0.1, -0.05) is 24.4 Å². The predicted octanol–water partition coefficient (Wildman–Crippen LogP) is 1.50. The Bertz CT molecular complexity index is 498. The molecule has 5 heteroatoms. The van der Waals surface area contributed by atoms with Crippen molar-refractivity contribution in [3.05, 3.63) is 29.3 Å². The van der Waals surface area contributed by atoms with Crippen LogP contribution in [0.2, 0.25) is 0 Å². The number of nitrogens with one attached hydrogen (secondary N) is 1. The third kappa shape index (κ3) is 2.61. The second kappa shape index (κ2) is 4.94. The second-order valence-electron chi connectivity index (χ2n) is 4.66. The Hall–Kier alpha value is -1.62. The molecular weight excluding hydrogens is 248 g/mol. The van der Waals surface area contributed by atoms with Crippen LogP contribution in [0.5, 0.6) is 5.75 Å². The van der Waals surface area contributed by atoms with Crippen molar-refractivity contribution in [3.8, 4) is 5.75 Å². The fourth-order valence-corrected chi connectivity index (χ4v) is 2.16. The molecule has 0 aromatic heterocycles. The molecule has 0 bridgehead atoms. The van der Waals surface area contributed by atoms with Crippen molar-refractivity contribution >= 4 is 23.1 Å². The molecule has 1 amide bonds. The van der Waals surface area contributed by atoms with Crippen molar-refractivity contribution in [3.63, 3.8) is 0 Å². The number of aromatic hydroxyl groups is 1. The number of rotatable bonds is 4. The Morgan fingerprint density at radius 1 is 1.56 bits per heavy atom. The largest absolute Gasteiger partial charge is 0.507 e. The molecule has 0 saturated heterocycles. The highest BCUT2D eigenvalue weighted by molar-refractivity contribution is 7.80. The molecule has 18 heavy (non-hydrogen) atoms. The van der Waals surface area contributed by atoms with Crippen molar-refractivity contribution in [1.82, 2.24) is 5.32 Å². The van der Waals surface area contributed by atoms with Crippen LogP contribution in [0, 0.1) is 12.8 Å². The fraction of sp³-hybridized carbons (Fsp3) is 0.385. The first-order chi connectivity index (χ1) is 8.50. The van der Waals surface area contributed by atoms with E-state index in [1.54, 1.807) is 25.1 Å². The van der Waals surface area contributed by atoms with E-state index in [0.29, 0.717) is 16.5 Å². The zero-order valence-electron chi connectivity index (χ0n) is 10.1. The lowest BCUT2D eigenvalue weighted by Crippen LogP contribution is -2.45. The smallest absolute Gasteiger partial charge is 0.255 e. The van der Waals surface area contributed by atoms with Crippen molar-refractivity contribution in [2.75, 3.05) is 0 Å². The van der Waals surface area contributed by atoms with E-state index in [-0.39, 0.29) is 23.3 Å². The zero-order chi connectivity index (χ0) is 13.3. The lowest BCUT2D eigenvalue weighted by atomic mass is 10.1. The average molecular weight is 264 g/mol. The minimum Gasteiger partial charge on any atom is -0.507 e. The van der Waals surface area contributed by atoms with E-state index in [0.717, 1.165) is 12.8 Å². The summed E-state index contributed by atoms with van der Waals surface area (Å²) in [5, 5.41) is 12.6. The Labute approximate surface area is 111 Å². The molecule has 96 valence electrons. The van der Waals surface area contributed by atoms with Gasteiger partial charge in [0.15, 0.2) is 0 Å². The summed E-state index contributed by atoms with van der Waals surface area (Å²) in [7, 11) is 0. The van der Waals surface area contributed by atoms with Gasteiger partial charge in [0.05, 0.1) is 16.6 Å². The van der Waals surface area contributed by atoms with Gasteiger partial charge in [-0.25, -0.2) is 0 Å². The zero-order valence-corrected chi connectivity index (χ0v) is 11.0. The Balaban J connectivity index is 2.16. The fourth-order valence-electron chi connectivity index (χ4n) is 1.91. The van der Waals surface area contributed by atoms with Gasteiger partial charge in [0.25, 0.3) is 5.91 Å². The third-order valence-corrected chi connectivity index (χ3v) is 3.42. The van der Waals surface area contributed by atoms with E-state index in [4.69, 9.17) is 18.0 Å². The molecule has 4 nitrogen and oxygen atoms in total. The summed E-state index contributed by atoms with van der Waals surface area (Å²) in [6, 6.07) is 4.79. The first kappa shape index (κ1) is 12.8. The summed E-state index contributed by atoms with van der Waals surface area (Å²) in [6.07, 6.45) is 2.06. The number of hydrogen-bond donors (Lipinski definition) is 3. The normalized spacial score (nSPS) is 16.1. The topological polar surface area (TPSA) is 75.4 Å². The minimum atomic E-state index is -0.332. The van der Waals surface area contributed by atoms with Crippen LogP contribution in [0.15, 0.2) is 18.2 Å². The van der Waals surface area contributed by atoms with E-state index >= 15 is 0 Å². The Morgan fingerprint density at radius 3 is 2.78 bits per heavy atom. The first-order valence-electron chi connectivity index (χ1n) is 5.89. The number of benzene rings is 1. The van der Waals surface area contributed by atoms with E-state index in [1.807, 2.05) is 0 Å². The number of nitrogens with two attached hydrogens (primary N) is 1. The molecule has 1 saturated carbocycles. The number of phenols is 1. The molecule has 1 aliphatic rings.